The van der Waals surface area contributed by atoms with Crippen LogP contribution in [0.4, 0.5) is 0 Å². The Morgan fingerprint density at radius 3 is 0.470 bits per heavy atom. The van der Waals surface area contributed by atoms with Gasteiger partial charge in [0.2, 0.25) is 0 Å². The minimum atomic E-state index is -3.66. The van der Waals surface area contributed by atoms with Gasteiger partial charge in [-0.2, -0.15) is 0 Å². The summed E-state index contributed by atoms with van der Waals surface area (Å²) < 4.78 is 1.71. The summed E-state index contributed by atoms with van der Waals surface area (Å²) in [7, 11) is -29.1. The van der Waals surface area contributed by atoms with Crippen LogP contribution in [0.2, 0.25) is 241 Å². The molecule has 1 aliphatic carbocycles. The van der Waals surface area contributed by atoms with Gasteiger partial charge in [0.1, 0.15) is 0 Å². The predicted molar refractivity (Wildman–Crippen MR) is 413 cm³/mol. The molecule has 0 N–H and O–H groups in total. The van der Waals surface area contributed by atoms with Gasteiger partial charge in [-0.05, 0) is 0 Å². The molecule has 0 aliphatic heterocycles. The number of hydrogen-bond acceptors (Lipinski definition) is 0. The molecule has 0 bridgehead atoms. The number of hydrogen-bond donors (Lipinski definition) is 0. The molecule has 0 nitrogen and oxygen atoms in total. The largest absolute Gasteiger partial charge is 1.00 e. The van der Waals surface area contributed by atoms with Crippen LogP contribution < -0.4 is 115 Å². The SMILES string of the molecule is CC1=C(C)C(C)([Si](c2c(C)c([Si](C)(C)C)c([Si](C)(C)C)c([Si](C)(C)C)c2[Si](C)(C)C)(c2c(C)c([Si](C)(C)C)c([Si](C)(C)C)c([Si](C)(C)C)c2[Si](C)(C)C)c2c(C)c([Si](C)(C)C)c([Si](C)(C)C)c([Si](C)(C)C)c2[Si](C)(C)C)[C]([Ti+3])=C1C.[Cl-].[Cl-].[Cl-]. The van der Waals surface area contributed by atoms with Gasteiger partial charge in [0, 0.05) is 0 Å². The third-order valence-corrected chi connectivity index (χ3v) is 54.3. The topological polar surface area (TPSA) is 0 Å². The van der Waals surface area contributed by atoms with E-state index in [1.54, 1.807) is 37.3 Å². The molecule has 1 atom stereocenters. The maximum Gasteiger partial charge on any atom is -1.00 e. The quantitative estimate of drug-likeness (QED) is 0.152. The first-order valence-corrected chi connectivity index (χ1v) is 76.3. The minimum absolute atomic E-state index is 0. The van der Waals surface area contributed by atoms with E-state index in [-0.39, 0.29) is 42.3 Å². The molecule has 0 heterocycles. The normalized spacial score (nSPS) is 17.1. The molecule has 0 radical (unpaired) electrons. The van der Waals surface area contributed by atoms with Gasteiger partial charge in [-0.15, -0.1) is 0 Å². The Kier molecular flexibility index (Phi) is 24.7. The zero-order valence-corrected chi connectivity index (χ0v) is 79.5. The molecule has 3 aromatic rings. The second-order valence-electron chi connectivity index (χ2n) is 38.6. The molecule has 0 amide bonds. The number of halogens is 3. The first kappa shape index (κ1) is 82.6. The molecule has 0 fully saturated rings. The summed E-state index contributed by atoms with van der Waals surface area (Å²) in [5.74, 6) is 0. The van der Waals surface area contributed by atoms with E-state index in [4.69, 9.17) is 0 Å². The third kappa shape index (κ3) is 14.4. The second-order valence-corrected chi connectivity index (χ2v) is 103. The standard InChI is InChI=1S/C66H129Si13.3ClH.Ti/c1-45-44-66(7,50(6)46(45)2)79(54-47(3)51(67(8,9)10)57(70(17,18)19)63(76(35,36)37)60(54)73(26,27)28,55-48(4)52(68(11,12)13)58(71(20,21)22)64(77(38,39)40)61(55)74(29,30)31)56-49(5)53(69(14,15)16)59(72(23,24)25)65(78(41,42)43)62(56)75(32,33)34;;;;/h1-43H3;3*1H;/q;;;;+3/p-3. The van der Waals surface area contributed by atoms with Crippen molar-refractivity contribution in [1.82, 2.24) is 0 Å². The van der Waals surface area contributed by atoms with Crippen LogP contribution in [0.15, 0.2) is 20.6 Å². The summed E-state index contributed by atoms with van der Waals surface area (Å²) in [5, 5.41) is 28.9. The molecule has 83 heavy (non-hydrogen) atoms. The molecule has 0 aromatic heterocycles. The molecule has 0 saturated carbocycles. The Hall–Kier alpha value is 1.54. The van der Waals surface area contributed by atoms with Gasteiger partial charge in [0.05, 0.1) is 0 Å². The summed E-state index contributed by atoms with van der Waals surface area (Å²) in [5.41, 5.74) is 10.2. The van der Waals surface area contributed by atoms with Crippen LogP contribution in [0.25, 0.3) is 0 Å². The summed E-state index contributed by atoms with van der Waals surface area (Å²) in [6.07, 6.45) is 0. The number of benzene rings is 3. The van der Waals surface area contributed by atoms with Crippen LogP contribution in [-0.2, 0) is 20.4 Å². The molecule has 1 unspecified atom stereocenters. The van der Waals surface area contributed by atoms with E-state index in [0.717, 1.165) is 0 Å². The van der Waals surface area contributed by atoms with Gasteiger partial charge in [-0.3, -0.25) is 0 Å². The van der Waals surface area contributed by atoms with Crippen LogP contribution >= 0.6 is 0 Å². The van der Waals surface area contributed by atoms with Crippen molar-refractivity contribution in [3.8, 4) is 0 Å². The Morgan fingerprint density at radius 2 is 0.349 bits per heavy atom. The van der Waals surface area contributed by atoms with Gasteiger partial charge in [-0.1, -0.05) is 0 Å². The van der Waals surface area contributed by atoms with E-state index in [2.05, 4.69) is 305 Å². The van der Waals surface area contributed by atoms with Crippen molar-refractivity contribution in [2.45, 2.75) is 289 Å². The summed E-state index contributed by atoms with van der Waals surface area (Å²) >= 11 is 2.73. The smallest absolute Gasteiger partial charge is 1.00 e. The molecular weight excluding hydrogens is 1310 g/mol. The Balaban J connectivity index is 0.0000115. The Morgan fingerprint density at radius 1 is 0.217 bits per heavy atom. The zero-order valence-electron chi connectivity index (χ0n) is 62.6. The predicted octanol–water partition coefficient (Wildman–Crippen LogP) is 3.57. The van der Waals surface area contributed by atoms with E-state index in [1.807, 2.05) is 77.8 Å². The summed E-state index contributed by atoms with van der Waals surface area (Å²) in [4.78, 5) is 0. The first-order valence-electron chi connectivity index (χ1n) is 31.5. The summed E-state index contributed by atoms with van der Waals surface area (Å²) in [6, 6.07) is 0. The fraction of sp³-hybridized carbons (Fsp3) is 0.667. The van der Waals surface area contributed by atoms with Crippen molar-refractivity contribution in [2.24, 2.45) is 0 Å². The number of allylic oxidation sites excluding steroid dienone is 4. The van der Waals surface area contributed by atoms with Gasteiger partial charge in [-0.25, -0.2) is 0 Å². The fourth-order valence-corrected chi connectivity index (χ4v) is 74.5. The Labute approximate surface area is 561 Å². The molecule has 3 aromatic carbocycles. The average Bonchev–Trinajstić information content (AvgIpc) is 3.31. The average molecular weight is 1440 g/mol. The summed E-state index contributed by atoms with van der Waals surface area (Å²) in [6.45, 7) is 121. The van der Waals surface area contributed by atoms with Crippen LogP contribution in [0, 0.1) is 20.8 Å². The van der Waals surface area contributed by atoms with E-state index >= 15 is 0 Å². The second kappa shape index (κ2) is 24.8. The molecule has 17 heteroatoms. The van der Waals surface area contributed by atoms with Crippen molar-refractivity contribution in [1.29, 1.82) is 0 Å². The monoisotopic (exact) mass is 1440 g/mol. The van der Waals surface area contributed by atoms with E-state index in [9.17, 15) is 0 Å². The van der Waals surface area contributed by atoms with E-state index in [0.29, 0.717) is 0 Å². The molecule has 4 rings (SSSR count). The Bertz CT molecular complexity index is 2760. The fourth-order valence-electron chi connectivity index (χ4n) is 16.6. The van der Waals surface area contributed by atoms with Gasteiger partial charge in [0.25, 0.3) is 0 Å². The van der Waals surface area contributed by atoms with E-state index in [1.165, 1.54) is 0 Å². The van der Waals surface area contributed by atoms with Crippen LogP contribution in [0.1, 0.15) is 44.4 Å². The van der Waals surface area contributed by atoms with Crippen LogP contribution in [0.3, 0.4) is 0 Å². The zero-order chi connectivity index (χ0) is 63.7. The van der Waals surface area contributed by atoms with E-state index < -0.39 is 105 Å². The van der Waals surface area contributed by atoms with Crippen molar-refractivity contribution in [2.75, 3.05) is 0 Å². The van der Waals surface area contributed by atoms with Crippen LogP contribution in [-0.4, -0.2) is 105 Å². The van der Waals surface area contributed by atoms with Gasteiger partial charge < -0.3 is 37.2 Å². The maximum atomic E-state index is 3.00. The first-order chi connectivity index (χ1) is 34.7. The van der Waals surface area contributed by atoms with Crippen LogP contribution in [0.5, 0.6) is 0 Å². The van der Waals surface area contributed by atoms with Crippen molar-refractivity contribution < 1.29 is 57.7 Å². The molecule has 470 valence electrons. The van der Waals surface area contributed by atoms with Crippen molar-refractivity contribution in [3.63, 3.8) is 0 Å². The minimum Gasteiger partial charge on any atom is -1.00 e. The maximum absolute atomic E-state index is 3.66. The van der Waals surface area contributed by atoms with Crippen molar-refractivity contribution in [3.05, 3.63) is 37.3 Å². The molecule has 0 spiro atoms. The third-order valence-electron chi connectivity index (χ3n) is 18.9. The number of rotatable bonds is 16. The molecular formula is C66H129Cl3Si13Ti. The molecule has 1 aliphatic rings. The van der Waals surface area contributed by atoms with Crippen molar-refractivity contribution >= 4 is 183 Å². The molecule has 0 saturated heterocycles. The van der Waals surface area contributed by atoms with Gasteiger partial charge >= 0.3 is 530 Å². The van der Waals surface area contributed by atoms with Gasteiger partial charge in [0.15, 0.2) is 0 Å².